The maximum absolute atomic E-state index is 13.4. The first-order valence-electron chi connectivity index (χ1n) is 12.8. The topological polar surface area (TPSA) is 89.3 Å². The van der Waals surface area contributed by atoms with Gasteiger partial charge in [0.1, 0.15) is 4.90 Å². The number of hydrogen-bond acceptors (Lipinski definition) is 5. The number of sulfone groups is 1. The lowest BCUT2D eigenvalue weighted by atomic mass is 9.44. The highest BCUT2D eigenvalue weighted by Gasteiger charge is 2.61. The molecule has 1 heterocycles. The first-order valence-corrected chi connectivity index (χ1v) is 14.7. The van der Waals surface area contributed by atoms with Gasteiger partial charge in [0.25, 0.3) is 0 Å². The van der Waals surface area contributed by atoms with Crippen LogP contribution in [0.5, 0.6) is 0 Å². The molecule has 0 aromatic carbocycles. The predicted octanol–water partition coefficient (Wildman–Crippen LogP) is 4.27. The molecule has 33 heavy (non-hydrogen) atoms. The average Bonchev–Trinajstić information content (AvgIpc) is 3.32. The maximum atomic E-state index is 13.4. The summed E-state index contributed by atoms with van der Waals surface area (Å²) in [4.78, 5) is 13.6. The molecule has 7 heteroatoms. The van der Waals surface area contributed by atoms with Gasteiger partial charge in [-0.1, -0.05) is 13.8 Å². The summed E-state index contributed by atoms with van der Waals surface area (Å²) in [5.74, 6) is 2.85. The van der Waals surface area contributed by atoms with Crippen molar-refractivity contribution in [2.24, 2.45) is 40.4 Å². The molecular formula is C26H40N2O4S. The number of rotatable bonds is 4. The Morgan fingerprint density at radius 2 is 1.79 bits per heavy atom. The number of aromatic nitrogens is 2. The molecule has 7 unspecified atom stereocenters. The van der Waals surface area contributed by atoms with Crippen molar-refractivity contribution in [1.82, 2.24) is 9.78 Å². The summed E-state index contributed by atoms with van der Waals surface area (Å²) in [5, 5.41) is 14.8. The van der Waals surface area contributed by atoms with Crippen LogP contribution in [0.1, 0.15) is 78.6 Å². The normalized spacial score (nSPS) is 45.2. The van der Waals surface area contributed by atoms with E-state index in [4.69, 9.17) is 0 Å². The molecule has 0 aliphatic heterocycles. The molecular weight excluding hydrogens is 436 g/mol. The zero-order chi connectivity index (χ0) is 23.8. The van der Waals surface area contributed by atoms with Crippen molar-refractivity contribution in [3.8, 4) is 0 Å². The molecule has 4 fully saturated rings. The summed E-state index contributed by atoms with van der Waals surface area (Å²) in [6.07, 6.45) is 13.8. The van der Waals surface area contributed by atoms with E-state index in [0.717, 1.165) is 38.5 Å². The van der Waals surface area contributed by atoms with E-state index in [1.54, 1.807) is 0 Å². The second-order valence-corrected chi connectivity index (χ2v) is 14.7. The second-order valence-electron chi connectivity index (χ2n) is 12.6. The van der Waals surface area contributed by atoms with Gasteiger partial charge in [0.15, 0.2) is 15.6 Å². The van der Waals surface area contributed by atoms with Gasteiger partial charge in [0.05, 0.1) is 18.3 Å². The van der Waals surface area contributed by atoms with Crippen LogP contribution in [0.3, 0.4) is 0 Å². The fourth-order valence-corrected chi connectivity index (χ4v) is 9.40. The average molecular weight is 477 g/mol. The van der Waals surface area contributed by atoms with E-state index in [2.05, 4.69) is 18.9 Å². The Labute approximate surface area is 198 Å². The molecule has 1 aromatic rings. The van der Waals surface area contributed by atoms with Crippen LogP contribution in [-0.4, -0.2) is 40.9 Å². The van der Waals surface area contributed by atoms with Crippen molar-refractivity contribution in [2.45, 2.75) is 95.6 Å². The Morgan fingerprint density at radius 1 is 1.06 bits per heavy atom. The molecule has 0 saturated heterocycles. The molecule has 1 N–H and O–H groups in total. The van der Waals surface area contributed by atoms with Crippen LogP contribution in [0.25, 0.3) is 0 Å². The minimum Gasteiger partial charge on any atom is -0.390 e. The summed E-state index contributed by atoms with van der Waals surface area (Å²) in [6.45, 7) is 7.03. The summed E-state index contributed by atoms with van der Waals surface area (Å²) < 4.78 is 25.0. The molecule has 8 atom stereocenters. The number of Topliss-reactive ketones (excluding diaryl/α,β-unsaturated/α-hetero) is 1. The van der Waals surface area contributed by atoms with Gasteiger partial charge >= 0.3 is 0 Å². The Bertz CT molecular complexity index is 1050. The van der Waals surface area contributed by atoms with Crippen LogP contribution in [0, 0.1) is 40.4 Å². The van der Waals surface area contributed by atoms with E-state index in [9.17, 15) is 18.3 Å². The minimum atomic E-state index is -3.31. The minimum absolute atomic E-state index is 0.0342. The van der Waals surface area contributed by atoms with Gasteiger partial charge in [-0.2, -0.15) is 5.10 Å². The first-order chi connectivity index (χ1) is 15.3. The van der Waals surface area contributed by atoms with Crippen LogP contribution in [0.15, 0.2) is 17.3 Å². The van der Waals surface area contributed by atoms with Crippen LogP contribution < -0.4 is 0 Å². The first kappa shape index (κ1) is 23.5. The molecule has 0 bridgehead atoms. The number of ketones is 1. The molecule has 4 aliphatic rings. The third-order valence-electron chi connectivity index (χ3n) is 10.7. The number of aliphatic hydroxyl groups is 1. The van der Waals surface area contributed by atoms with Crippen LogP contribution in [0.2, 0.25) is 0 Å². The predicted molar refractivity (Wildman–Crippen MR) is 126 cm³/mol. The quantitative estimate of drug-likeness (QED) is 0.701. The summed E-state index contributed by atoms with van der Waals surface area (Å²) in [6, 6.07) is 0. The van der Waals surface area contributed by atoms with Gasteiger partial charge in [0.2, 0.25) is 0 Å². The number of hydrogen-bond donors (Lipinski definition) is 1. The van der Waals surface area contributed by atoms with Gasteiger partial charge in [0, 0.05) is 18.4 Å². The zero-order valence-corrected chi connectivity index (χ0v) is 21.4. The number of nitrogens with zero attached hydrogens (tertiary/aromatic N) is 2. The standard InChI is InChI=1S/C26H40N2O4S/c1-24(30)11-12-25(2)17(13-24)5-6-19-20-7-8-22(26(20,3)10-9-21(19)25)23(29)16-28-15-18(14-27-28)33(4,31)32/h14-15,17,19-22,30H,5-13,16H2,1-4H3/t17?,19?,20?,21?,22?,24-,25?,26?/m1/s1. The Kier molecular flexibility index (Phi) is 5.45. The van der Waals surface area contributed by atoms with Gasteiger partial charge in [-0.3, -0.25) is 9.48 Å². The van der Waals surface area contributed by atoms with E-state index >= 15 is 0 Å². The largest absolute Gasteiger partial charge is 0.390 e. The molecule has 0 radical (unpaired) electrons. The molecule has 0 amide bonds. The van der Waals surface area contributed by atoms with E-state index in [1.165, 1.54) is 42.6 Å². The van der Waals surface area contributed by atoms with E-state index < -0.39 is 15.4 Å². The number of fused-ring (bicyclic) bond motifs is 5. The molecule has 0 spiro atoms. The Hall–Kier alpha value is -1.21. The molecule has 4 saturated carbocycles. The van der Waals surface area contributed by atoms with Crippen molar-refractivity contribution in [2.75, 3.05) is 6.26 Å². The van der Waals surface area contributed by atoms with Crippen LogP contribution in [0.4, 0.5) is 0 Å². The summed E-state index contributed by atoms with van der Waals surface area (Å²) in [7, 11) is -3.31. The highest BCUT2D eigenvalue weighted by Crippen LogP contribution is 2.68. The van der Waals surface area contributed by atoms with Crippen LogP contribution in [-0.2, 0) is 21.2 Å². The third-order valence-corrected chi connectivity index (χ3v) is 11.8. The van der Waals surface area contributed by atoms with Crippen molar-refractivity contribution in [1.29, 1.82) is 0 Å². The number of carbonyl (C=O) groups is 1. The summed E-state index contributed by atoms with van der Waals surface area (Å²) >= 11 is 0. The maximum Gasteiger partial charge on any atom is 0.178 e. The Morgan fingerprint density at radius 3 is 2.48 bits per heavy atom. The fraction of sp³-hybridized carbons (Fsp3) is 0.846. The monoisotopic (exact) mass is 476 g/mol. The number of carbonyl (C=O) groups excluding carboxylic acids is 1. The Balaban J connectivity index is 1.32. The lowest BCUT2D eigenvalue weighted by Gasteiger charge is -2.61. The lowest BCUT2D eigenvalue weighted by Crippen LogP contribution is -2.55. The third kappa shape index (κ3) is 3.81. The smallest absolute Gasteiger partial charge is 0.178 e. The van der Waals surface area contributed by atoms with Gasteiger partial charge < -0.3 is 5.11 Å². The van der Waals surface area contributed by atoms with Crippen molar-refractivity contribution in [3.05, 3.63) is 12.4 Å². The highest BCUT2D eigenvalue weighted by molar-refractivity contribution is 7.90. The SMILES string of the molecule is CC12CC[C@@](C)(O)CC1CCC1C2CCC2(C)C(C(=O)Cn3cc(S(C)(=O)=O)cn3)CCC12. The van der Waals surface area contributed by atoms with Gasteiger partial charge in [-0.05, 0) is 99.2 Å². The van der Waals surface area contributed by atoms with Gasteiger partial charge in [-0.25, -0.2) is 8.42 Å². The highest BCUT2D eigenvalue weighted by atomic mass is 32.2. The van der Waals surface area contributed by atoms with E-state index in [0.29, 0.717) is 29.1 Å². The molecule has 4 aliphatic carbocycles. The van der Waals surface area contributed by atoms with Crippen LogP contribution >= 0.6 is 0 Å². The van der Waals surface area contributed by atoms with Crippen molar-refractivity contribution in [3.63, 3.8) is 0 Å². The van der Waals surface area contributed by atoms with Crippen molar-refractivity contribution < 1.29 is 18.3 Å². The van der Waals surface area contributed by atoms with Crippen molar-refractivity contribution >= 4 is 15.6 Å². The second kappa shape index (κ2) is 7.64. The lowest BCUT2D eigenvalue weighted by molar-refractivity contribution is -0.151. The fourth-order valence-electron chi connectivity index (χ4n) is 8.85. The molecule has 6 nitrogen and oxygen atoms in total. The van der Waals surface area contributed by atoms with Gasteiger partial charge in [-0.15, -0.1) is 0 Å². The molecule has 184 valence electrons. The molecule has 5 rings (SSSR count). The van der Waals surface area contributed by atoms with E-state index in [-0.39, 0.29) is 28.6 Å². The molecule has 1 aromatic heterocycles. The summed E-state index contributed by atoms with van der Waals surface area (Å²) in [5.41, 5.74) is -0.144. The van der Waals surface area contributed by atoms with E-state index in [1.807, 2.05) is 6.92 Å². The zero-order valence-electron chi connectivity index (χ0n) is 20.6.